The van der Waals surface area contributed by atoms with Gasteiger partial charge in [0.2, 0.25) is 6.33 Å². The topological polar surface area (TPSA) is 56.0 Å². The third-order valence-corrected chi connectivity index (χ3v) is 8.26. The largest absolute Gasteiger partial charge is 1.00 e. The Balaban J connectivity index is 0.00000194. The smallest absolute Gasteiger partial charge is 0.434 e. The predicted octanol–water partition coefficient (Wildman–Crippen LogP) is 2.02. The highest BCUT2D eigenvalue weighted by atomic mass is 35.5. The number of fused-ring (bicyclic) bond motifs is 3. The third kappa shape index (κ3) is 6.43. The number of hydrogen-bond acceptors (Lipinski definition) is 4. The average Bonchev–Trinajstić information content (AvgIpc) is 3.48. The van der Waals surface area contributed by atoms with Crippen LogP contribution in [0.5, 0.6) is 0 Å². The first-order valence-corrected chi connectivity index (χ1v) is 13.7. The fourth-order valence-electron chi connectivity index (χ4n) is 5.91. The average molecular weight is 651 g/mol. The molecule has 0 amide bonds. The molecular formula is C27H30Cl4F3N7. The summed E-state index contributed by atoms with van der Waals surface area (Å²) in [6.45, 7) is 4.06. The van der Waals surface area contributed by atoms with Gasteiger partial charge >= 0.3 is 6.18 Å². The Hall–Kier alpha value is -2.21. The van der Waals surface area contributed by atoms with E-state index in [1.165, 1.54) is 11.6 Å². The van der Waals surface area contributed by atoms with Crippen molar-refractivity contribution in [2.45, 2.75) is 31.2 Å². The van der Waals surface area contributed by atoms with Crippen LogP contribution in [0.1, 0.15) is 23.0 Å². The van der Waals surface area contributed by atoms with E-state index in [9.17, 15) is 13.2 Å². The number of benzene rings is 1. The number of halogens is 7. The maximum atomic E-state index is 13.6. The number of alkyl halides is 3. The molecule has 5 heterocycles. The van der Waals surface area contributed by atoms with Crippen LogP contribution >= 0.6 is 35.6 Å². The lowest BCUT2D eigenvalue weighted by atomic mass is 9.96. The van der Waals surface area contributed by atoms with Gasteiger partial charge in [-0.05, 0) is 42.3 Å². The van der Waals surface area contributed by atoms with Crippen molar-refractivity contribution in [3.63, 3.8) is 0 Å². The Morgan fingerprint density at radius 1 is 1.12 bits per heavy atom. The van der Waals surface area contributed by atoms with Gasteiger partial charge in [0.25, 0.3) is 0 Å². The first-order chi connectivity index (χ1) is 18.7. The fraction of sp³-hybridized carbons (Fsp3) is 0.407. The number of nitrogens with zero attached hydrogens (tertiary/aromatic N) is 5. The van der Waals surface area contributed by atoms with Crippen LogP contribution in [0.2, 0.25) is 10.0 Å². The second-order valence-corrected chi connectivity index (χ2v) is 11.1. The highest BCUT2D eigenvalue weighted by Gasteiger charge is 2.38. The van der Waals surface area contributed by atoms with E-state index < -0.39 is 11.9 Å². The molecule has 222 valence electrons. The molecule has 0 spiro atoms. The van der Waals surface area contributed by atoms with Gasteiger partial charge in [-0.25, -0.2) is 14.1 Å². The summed E-state index contributed by atoms with van der Waals surface area (Å²) >= 11 is 12.2. The Morgan fingerprint density at radius 2 is 1.93 bits per heavy atom. The zero-order chi connectivity index (χ0) is 27.3. The van der Waals surface area contributed by atoms with Crippen LogP contribution in [-0.4, -0.2) is 58.2 Å². The number of piperazine rings is 1. The van der Waals surface area contributed by atoms with Gasteiger partial charge in [0.05, 0.1) is 24.2 Å². The van der Waals surface area contributed by atoms with Crippen LogP contribution in [0.15, 0.2) is 49.1 Å². The molecule has 41 heavy (non-hydrogen) atoms. The fourth-order valence-corrected chi connectivity index (χ4v) is 6.29. The molecule has 14 heteroatoms. The van der Waals surface area contributed by atoms with Crippen LogP contribution in [-0.2, 0) is 26.2 Å². The van der Waals surface area contributed by atoms with Gasteiger partial charge in [-0.15, -0.1) is 12.4 Å². The van der Waals surface area contributed by atoms with E-state index in [4.69, 9.17) is 23.2 Å². The number of nitrogens with one attached hydrogen (secondary N) is 2. The van der Waals surface area contributed by atoms with E-state index in [0.29, 0.717) is 37.0 Å². The number of aromatic nitrogens is 4. The maximum Gasteiger partial charge on any atom is 0.434 e. The molecule has 2 atom stereocenters. The molecule has 0 saturated carbocycles. The third-order valence-electron chi connectivity index (χ3n) is 7.72. The lowest BCUT2D eigenvalue weighted by molar-refractivity contribution is -0.671. The van der Waals surface area contributed by atoms with Crippen LogP contribution in [0.4, 0.5) is 19.0 Å². The molecule has 0 bridgehead atoms. The summed E-state index contributed by atoms with van der Waals surface area (Å²) in [5.41, 5.74) is 2.45. The van der Waals surface area contributed by atoms with Crippen molar-refractivity contribution in [1.29, 1.82) is 0 Å². The first-order valence-electron chi connectivity index (χ1n) is 12.9. The van der Waals surface area contributed by atoms with Gasteiger partial charge in [-0.3, -0.25) is 4.90 Å². The van der Waals surface area contributed by atoms with Gasteiger partial charge in [-0.2, -0.15) is 13.2 Å². The van der Waals surface area contributed by atoms with E-state index >= 15 is 0 Å². The van der Waals surface area contributed by atoms with Crippen molar-refractivity contribution in [3.8, 4) is 0 Å². The molecule has 2 N–H and O–H groups in total. The van der Waals surface area contributed by atoms with E-state index in [1.807, 2.05) is 40.9 Å². The number of hydrogen-bond donors (Lipinski definition) is 2. The molecule has 1 aromatic carbocycles. The van der Waals surface area contributed by atoms with Crippen LogP contribution in [0, 0.1) is 0 Å². The zero-order valence-electron chi connectivity index (χ0n) is 22.1. The normalized spacial score (nSPS) is 19.5. The van der Waals surface area contributed by atoms with Gasteiger partial charge in [0.15, 0.2) is 5.69 Å². The number of imidazole rings is 1. The number of rotatable bonds is 5. The highest BCUT2D eigenvalue weighted by molar-refractivity contribution is 6.31. The summed E-state index contributed by atoms with van der Waals surface area (Å²) in [4.78, 5) is 12.0. The van der Waals surface area contributed by atoms with E-state index in [0.717, 1.165) is 36.1 Å². The summed E-state index contributed by atoms with van der Waals surface area (Å²) in [5, 5.41) is 4.88. The number of anilines is 1. The Bertz CT molecular complexity index is 1510. The van der Waals surface area contributed by atoms with Crippen molar-refractivity contribution < 1.29 is 30.1 Å². The van der Waals surface area contributed by atoms with Gasteiger partial charge in [0.1, 0.15) is 24.8 Å². The molecule has 6 rings (SSSR count). The van der Waals surface area contributed by atoms with Crippen molar-refractivity contribution in [2.75, 3.05) is 37.6 Å². The number of aryl methyl sites for hydroxylation is 1. The minimum atomic E-state index is -4.61. The van der Waals surface area contributed by atoms with E-state index in [2.05, 4.69) is 37.3 Å². The Morgan fingerprint density at radius 3 is 2.66 bits per heavy atom. The van der Waals surface area contributed by atoms with Crippen molar-refractivity contribution in [3.05, 3.63) is 76.0 Å². The minimum absolute atomic E-state index is 0. The summed E-state index contributed by atoms with van der Waals surface area (Å²) in [5.74, 6) is 0.296. The van der Waals surface area contributed by atoms with Crippen LogP contribution < -0.4 is 27.2 Å². The molecule has 2 aliphatic rings. The molecular weight excluding hydrogens is 621 g/mol. The van der Waals surface area contributed by atoms with Crippen molar-refractivity contribution in [1.82, 2.24) is 24.8 Å². The molecule has 3 aromatic heterocycles. The first kappa shape index (κ1) is 31.7. The standard InChI is InChI=1S/C27H29Cl2F3N7.2ClH/c1-36-10-11-37(16-36)15-23-25-19(20-12-17(28)2-4-22(20)34-25)6-8-38(23)14-18-13-33-7-9-39(18)24-5-3-21(29)26(35-24)27(30,31)32;;/h2-5,10-12,16,18,23,33-34H,6-9,13-15H2,1H3;2*1H/q+1;;/p-1. The summed E-state index contributed by atoms with van der Waals surface area (Å²) in [6.07, 6.45) is 2.35. The Kier molecular flexibility index (Phi) is 9.72. The van der Waals surface area contributed by atoms with Crippen LogP contribution in [0.25, 0.3) is 10.9 Å². The quantitative estimate of drug-likeness (QED) is 0.325. The lowest BCUT2D eigenvalue weighted by Gasteiger charge is -2.43. The van der Waals surface area contributed by atoms with E-state index in [1.54, 1.807) is 6.07 Å². The van der Waals surface area contributed by atoms with Gasteiger partial charge in [0, 0.05) is 54.3 Å². The monoisotopic (exact) mass is 649 g/mol. The predicted molar refractivity (Wildman–Crippen MR) is 152 cm³/mol. The number of H-pyrrole nitrogens is 1. The number of pyridine rings is 1. The summed E-state index contributed by atoms with van der Waals surface area (Å²) in [6, 6.07) is 8.78. The minimum Gasteiger partial charge on any atom is -1.00 e. The van der Waals surface area contributed by atoms with Crippen molar-refractivity contribution >= 4 is 52.3 Å². The SMILES string of the molecule is C[n+]1ccn(CC2c3[nH]c4ccc(Cl)cc4c3CCN2CC2CNCCN2c2ccc(Cl)c(C(F)(F)F)n2)c1.Cl.[Cl-]. The molecule has 0 aliphatic carbocycles. The molecule has 7 nitrogen and oxygen atoms in total. The zero-order valence-corrected chi connectivity index (χ0v) is 25.2. The van der Waals surface area contributed by atoms with Crippen LogP contribution in [0.3, 0.4) is 0 Å². The highest BCUT2D eigenvalue weighted by Crippen LogP contribution is 2.38. The van der Waals surface area contributed by atoms with Crippen molar-refractivity contribution in [2.24, 2.45) is 7.05 Å². The molecule has 2 unspecified atom stereocenters. The van der Waals surface area contributed by atoms with Gasteiger partial charge < -0.3 is 27.6 Å². The lowest BCUT2D eigenvalue weighted by Crippen LogP contribution is -3.00. The molecule has 0 radical (unpaired) electrons. The van der Waals surface area contributed by atoms with E-state index in [-0.39, 0.29) is 41.9 Å². The second-order valence-electron chi connectivity index (χ2n) is 10.3. The molecule has 1 fully saturated rings. The summed E-state index contributed by atoms with van der Waals surface area (Å²) in [7, 11) is 1.99. The molecule has 2 aliphatic heterocycles. The second kappa shape index (κ2) is 12.6. The summed E-state index contributed by atoms with van der Waals surface area (Å²) < 4.78 is 44.9. The Labute approximate surface area is 258 Å². The maximum absolute atomic E-state index is 13.6. The van der Waals surface area contributed by atoms with Gasteiger partial charge in [-0.1, -0.05) is 23.2 Å². The molecule has 4 aromatic rings. The molecule has 1 saturated heterocycles. The number of aromatic amines is 1.